The van der Waals surface area contributed by atoms with Crippen molar-refractivity contribution >= 4 is 11.7 Å². The average molecular weight is 302 g/mol. The van der Waals surface area contributed by atoms with E-state index >= 15 is 0 Å². The number of aromatic carboxylic acids is 1. The third-order valence-corrected chi connectivity index (χ3v) is 2.91. The van der Waals surface area contributed by atoms with Crippen LogP contribution in [0.15, 0.2) is 18.2 Å². The summed E-state index contributed by atoms with van der Waals surface area (Å²) in [6.45, 7) is 11.2. The third-order valence-electron chi connectivity index (χ3n) is 2.91. The summed E-state index contributed by atoms with van der Waals surface area (Å²) in [6.07, 6.45) is 0. The van der Waals surface area contributed by atoms with E-state index in [-0.39, 0.29) is 68.1 Å². The summed E-state index contributed by atoms with van der Waals surface area (Å²) in [4.78, 5) is 11.3. The van der Waals surface area contributed by atoms with Crippen molar-refractivity contribution in [1.82, 2.24) is 0 Å². The minimum Gasteiger partial charge on any atom is -0.545 e. The smallest absolute Gasteiger partial charge is 0.545 e. The minimum absolute atomic E-state index is 0. The van der Waals surface area contributed by atoms with Crippen molar-refractivity contribution in [2.45, 2.75) is 52.5 Å². The number of hydrogen-bond acceptors (Lipinski definition) is 3. The van der Waals surface area contributed by atoms with Crippen molar-refractivity contribution in [3.05, 3.63) is 29.3 Å². The molecule has 20 heavy (non-hydrogen) atoms. The molecule has 0 unspecified atom stereocenters. The van der Waals surface area contributed by atoms with Crippen molar-refractivity contribution in [3.63, 3.8) is 0 Å². The molecule has 0 fully saturated rings. The van der Waals surface area contributed by atoms with Crippen molar-refractivity contribution < 1.29 is 66.5 Å². The number of carboxylic acid groups (broad SMARTS) is 1. The molecule has 0 amide bonds. The van der Waals surface area contributed by atoms with Crippen LogP contribution < -0.4 is 61.6 Å². The first-order chi connectivity index (χ1) is 8.44. The minimum atomic E-state index is -1.33. The number of carbonyl (C=O) groups is 1. The molecule has 1 aromatic rings. The third kappa shape index (κ3) is 4.82. The standard InChI is InChI=1S/C15H22NO3.K/c1-14(2,3)10-7-8-12(11(9-10)13(17)18)16(19)15(4,5)6;/h7-9H,1-6H3,(H,17,18);/q;+1/p-1. The van der Waals surface area contributed by atoms with Gasteiger partial charge in [0.15, 0.2) is 0 Å². The zero-order valence-corrected chi connectivity index (χ0v) is 16.5. The van der Waals surface area contributed by atoms with Crippen LogP contribution in [-0.4, -0.2) is 11.5 Å². The van der Waals surface area contributed by atoms with E-state index in [1.165, 1.54) is 6.07 Å². The molecule has 0 aliphatic carbocycles. The Morgan fingerprint density at radius 1 is 1.10 bits per heavy atom. The second kappa shape index (κ2) is 6.90. The molecule has 0 aliphatic heterocycles. The van der Waals surface area contributed by atoms with Crippen LogP contribution in [0.2, 0.25) is 0 Å². The molecule has 0 aromatic heterocycles. The van der Waals surface area contributed by atoms with E-state index in [4.69, 9.17) is 0 Å². The Bertz CT molecular complexity index is 487. The average Bonchev–Trinajstić information content (AvgIpc) is 2.24. The number of carbonyl (C=O) groups excluding carboxylic acids is 1. The van der Waals surface area contributed by atoms with E-state index in [0.717, 1.165) is 5.56 Å². The van der Waals surface area contributed by atoms with Crippen LogP contribution in [0, 0.1) is 0 Å². The molecule has 0 spiro atoms. The van der Waals surface area contributed by atoms with Crippen molar-refractivity contribution in [3.8, 4) is 0 Å². The normalized spacial score (nSPS) is 11.8. The summed E-state index contributed by atoms with van der Waals surface area (Å²) in [7, 11) is 0. The molecule has 1 aromatic carbocycles. The number of hydroxylamine groups is 1. The molecule has 105 valence electrons. The molecule has 1 rings (SSSR count). The molecule has 0 bridgehead atoms. The van der Waals surface area contributed by atoms with Crippen LogP contribution >= 0.6 is 0 Å². The van der Waals surface area contributed by atoms with Gasteiger partial charge in [-0.15, -0.1) is 0 Å². The van der Waals surface area contributed by atoms with Crippen molar-refractivity contribution in [2.75, 3.05) is 5.06 Å². The van der Waals surface area contributed by atoms with Gasteiger partial charge >= 0.3 is 51.4 Å². The summed E-state index contributed by atoms with van der Waals surface area (Å²) in [5.74, 6) is -1.33. The topological polar surface area (TPSA) is 63.3 Å². The van der Waals surface area contributed by atoms with Gasteiger partial charge in [0.1, 0.15) is 0 Å². The number of benzene rings is 1. The van der Waals surface area contributed by atoms with Crippen LogP contribution in [0.3, 0.4) is 0 Å². The van der Waals surface area contributed by atoms with E-state index in [2.05, 4.69) is 0 Å². The molecule has 5 heteroatoms. The molecule has 0 heterocycles. The summed E-state index contributed by atoms with van der Waals surface area (Å²) < 4.78 is 0. The first-order valence-corrected chi connectivity index (χ1v) is 6.28. The van der Waals surface area contributed by atoms with Gasteiger partial charge in [-0.3, -0.25) is 0 Å². The molecular formula is C15H21KNO3. The number of carboxylic acids is 1. The summed E-state index contributed by atoms with van der Waals surface area (Å²) in [5.41, 5.74) is 0.0571. The number of nitrogens with zero attached hydrogens (tertiary/aromatic N) is 1. The molecule has 0 saturated heterocycles. The van der Waals surface area contributed by atoms with Crippen molar-refractivity contribution in [2.24, 2.45) is 0 Å². The number of anilines is 1. The summed E-state index contributed by atoms with van der Waals surface area (Å²) in [6, 6.07) is 4.88. The maximum Gasteiger partial charge on any atom is 1.00 e. The van der Waals surface area contributed by atoms with Gasteiger partial charge in [0.2, 0.25) is 0 Å². The number of rotatable bonds is 2. The molecule has 0 N–H and O–H groups in total. The van der Waals surface area contributed by atoms with Crippen LogP contribution in [0.5, 0.6) is 0 Å². The van der Waals surface area contributed by atoms with Crippen LogP contribution in [-0.2, 0) is 10.6 Å². The first-order valence-electron chi connectivity index (χ1n) is 6.28. The SMILES string of the molecule is CC(C)(C)c1ccc(N([O])C(C)(C)C)c(C(=O)[O-])c1.[K+]. The van der Waals surface area contributed by atoms with Crippen molar-refractivity contribution in [1.29, 1.82) is 0 Å². The molecule has 0 saturated carbocycles. The fourth-order valence-corrected chi connectivity index (χ4v) is 1.70. The quantitative estimate of drug-likeness (QED) is 0.536. The Morgan fingerprint density at radius 3 is 1.95 bits per heavy atom. The zero-order chi connectivity index (χ0) is 15.0. The zero-order valence-electron chi connectivity index (χ0n) is 13.4. The first kappa shape index (κ1) is 20.1. The molecular weight excluding hydrogens is 281 g/mol. The molecule has 0 aliphatic rings. The largest absolute Gasteiger partial charge is 1.00 e. The van der Waals surface area contributed by atoms with E-state index in [1.807, 2.05) is 20.8 Å². The predicted octanol–water partition coefficient (Wildman–Crippen LogP) is -0.698. The Hall–Kier alpha value is 0.0864. The fraction of sp³-hybridized carbons (Fsp3) is 0.533. The van der Waals surface area contributed by atoms with Gasteiger partial charge in [-0.05, 0) is 43.9 Å². The van der Waals surface area contributed by atoms with Gasteiger partial charge in [0.05, 0.1) is 17.2 Å². The Balaban J connectivity index is 0.00000361. The molecule has 0 atom stereocenters. The van der Waals surface area contributed by atoms with Gasteiger partial charge in [-0.25, -0.2) is 5.06 Å². The van der Waals surface area contributed by atoms with Crippen LogP contribution in [0.1, 0.15) is 57.5 Å². The monoisotopic (exact) mass is 302 g/mol. The number of hydrogen-bond donors (Lipinski definition) is 0. The van der Waals surface area contributed by atoms with Gasteiger partial charge in [0, 0.05) is 5.56 Å². The second-order valence-electron chi connectivity index (χ2n) is 6.73. The maximum atomic E-state index is 12.2. The Morgan fingerprint density at radius 2 is 1.60 bits per heavy atom. The van der Waals surface area contributed by atoms with Gasteiger partial charge in [-0.1, -0.05) is 32.0 Å². The van der Waals surface area contributed by atoms with E-state index in [1.54, 1.807) is 32.9 Å². The van der Waals surface area contributed by atoms with Gasteiger partial charge < -0.3 is 9.90 Å². The molecule has 4 nitrogen and oxygen atoms in total. The fourth-order valence-electron chi connectivity index (χ4n) is 1.70. The predicted molar refractivity (Wildman–Crippen MR) is 72.4 cm³/mol. The van der Waals surface area contributed by atoms with E-state index in [0.29, 0.717) is 5.06 Å². The van der Waals surface area contributed by atoms with Crippen LogP contribution in [0.25, 0.3) is 0 Å². The summed E-state index contributed by atoms with van der Waals surface area (Å²) in [5, 5.41) is 24.1. The van der Waals surface area contributed by atoms with Crippen LogP contribution in [0.4, 0.5) is 5.69 Å². The van der Waals surface area contributed by atoms with Gasteiger partial charge in [-0.2, -0.15) is 0 Å². The Kier molecular flexibility index (Phi) is 6.93. The maximum absolute atomic E-state index is 12.2. The summed E-state index contributed by atoms with van der Waals surface area (Å²) >= 11 is 0. The van der Waals surface area contributed by atoms with Gasteiger partial charge in [0.25, 0.3) is 0 Å². The van der Waals surface area contributed by atoms with E-state index in [9.17, 15) is 15.1 Å². The second-order valence-corrected chi connectivity index (χ2v) is 6.73. The van der Waals surface area contributed by atoms with E-state index < -0.39 is 11.5 Å². The molecule has 1 radical (unpaired) electrons. The Labute approximate surface area is 163 Å².